The van der Waals surface area contributed by atoms with Crippen molar-refractivity contribution >= 4 is 11.8 Å². The van der Waals surface area contributed by atoms with E-state index in [1.54, 1.807) is 18.5 Å². The van der Waals surface area contributed by atoms with Crippen LogP contribution in [0.3, 0.4) is 0 Å². The van der Waals surface area contributed by atoms with E-state index in [0.29, 0.717) is 16.6 Å². The normalized spacial score (nSPS) is 10.7. The molecule has 2 rings (SSSR count). The molecule has 0 saturated heterocycles. The zero-order valence-electron chi connectivity index (χ0n) is 11.0. The van der Waals surface area contributed by atoms with Crippen molar-refractivity contribution in [1.82, 2.24) is 15.3 Å². The Balaban J connectivity index is 2.25. The molecule has 0 aliphatic carbocycles. The van der Waals surface area contributed by atoms with Gasteiger partial charge in [-0.1, -0.05) is 19.1 Å². The van der Waals surface area contributed by atoms with E-state index in [9.17, 15) is 4.39 Å². The first-order chi connectivity index (χ1) is 9.20. The topological polar surface area (TPSA) is 37.8 Å². The highest BCUT2D eigenvalue weighted by Gasteiger charge is 2.11. The molecule has 2 aromatic rings. The van der Waals surface area contributed by atoms with Crippen LogP contribution in [-0.2, 0) is 6.54 Å². The van der Waals surface area contributed by atoms with Crippen LogP contribution >= 0.6 is 11.8 Å². The molecule has 3 nitrogen and oxygen atoms in total. The summed E-state index contributed by atoms with van der Waals surface area (Å²) in [5.74, 6) is -0.232. The third-order valence-corrected chi connectivity index (χ3v) is 3.62. The fraction of sp³-hybridized carbons (Fsp3) is 0.286. The first-order valence-electron chi connectivity index (χ1n) is 6.15. The number of hydrogen-bond donors (Lipinski definition) is 1. The van der Waals surface area contributed by atoms with Crippen LogP contribution < -0.4 is 5.32 Å². The number of aromatic nitrogens is 2. The van der Waals surface area contributed by atoms with Gasteiger partial charge in [-0.2, -0.15) is 0 Å². The van der Waals surface area contributed by atoms with E-state index in [4.69, 9.17) is 0 Å². The molecule has 0 fully saturated rings. The van der Waals surface area contributed by atoms with Crippen LogP contribution in [0.2, 0.25) is 0 Å². The molecule has 0 spiro atoms. The van der Waals surface area contributed by atoms with Crippen molar-refractivity contribution in [2.24, 2.45) is 0 Å². The number of hydrogen-bond acceptors (Lipinski definition) is 4. The summed E-state index contributed by atoms with van der Waals surface area (Å²) < 4.78 is 13.9. The summed E-state index contributed by atoms with van der Waals surface area (Å²) in [5, 5.41) is 3.77. The van der Waals surface area contributed by atoms with E-state index in [1.807, 2.05) is 19.9 Å². The summed E-state index contributed by atoms with van der Waals surface area (Å²) in [5.41, 5.74) is 1.92. The molecular formula is C14H16FN3S. The van der Waals surface area contributed by atoms with Gasteiger partial charge >= 0.3 is 0 Å². The number of aryl methyl sites for hydroxylation is 1. The van der Waals surface area contributed by atoms with Gasteiger partial charge in [-0.15, -0.1) is 0 Å². The lowest BCUT2D eigenvalue weighted by atomic mass is 10.2. The van der Waals surface area contributed by atoms with Crippen LogP contribution in [0.1, 0.15) is 18.1 Å². The third kappa shape index (κ3) is 3.75. The predicted octanol–water partition coefficient (Wildman–Crippen LogP) is 3.18. The summed E-state index contributed by atoms with van der Waals surface area (Å²) in [6.07, 6.45) is 3.47. The third-order valence-electron chi connectivity index (χ3n) is 2.56. The molecule has 100 valence electrons. The predicted molar refractivity (Wildman–Crippen MR) is 74.7 cm³/mol. The highest BCUT2D eigenvalue weighted by atomic mass is 32.2. The number of rotatable bonds is 5. The molecule has 1 heterocycles. The summed E-state index contributed by atoms with van der Waals surface area (Å²) in [6, 6.07) is 5.11. The van der Waals surface area contributed by atoms with Gasteiger partial charge in [0.1, 0.15) is 5.82 Å². The highest BCUT2D eigenvalue weighted by molar-refractivity contribution is 7.99. The van der Waals surface area contributed by atoms with Gasteiger partial charge in [-0.3, -0.25) is 0 Å². The molecule has 0 amide bonds. The van der Waals surface area contributed by atoms with Crippen molar-refractivity contribution in [3.8, 4) is 0 Å². The van der Waals surface area contributed by atoms with E-state index < -0.39 is 0 Å². The second-order valence-corrected chi connectivity index (χ2v) is 5.13. The fourth-order valence-corrected chi connectivity index (χ4v) is 2.42. The monoisotopic (exact) mass is 277 g/mol. The van der Waals surface area contributed by atoms with Gasteiger partial charge in [0.2, 0.25) is 0 Å². The molecule has 0 radical (unpaired) electrons. The van der Waals surface area contributed by atoms with Crippen LogP contribution in [0.15, 0.2) is 40.6 Å². The zero-order valence-corrected chi connectivity index (χ0v) is 11.8. The number of halogens is 1. The standard InChI is InChI=1S/C14H16FN3S/c1-3-16-9-11-5-4-6-12(15)13(11)19-14-17-7-10(2)8-18-14/h4-8,16H,3,9H2,1-2H3. The molecule has 1 aromatic carbocycles. The second kappa shape index (κ2) is 6.63. The van der Waals surface area contributed by atoms with Crippen molar-refractivity contribution < 1.29 is 4.39 Å². The Labute approximate surface area is 116 Å². The molecule has 0 saturated carbocycles. The number of nitrogens with one attached hydrogen (secondary N) is 1. The largest absolute Gasteiger partial charge is 0.313 e. The second-order valence-electron chi connectivity index (χ2n) is 4.15. The first-order valence-corrected chi connectivity index (χ1v) is 6.97. The SMILES string of the molecule is CCNCc1cccc(F)c1Sc1ncc(C)cn1. The van der Waals surface area contributed by atoms with Gasteiger partial charge in [-0.05, 0) is 42.4 Å². The Morgan fingerprint density at radius 1 is 1.26 bits per heavy atom. The summed E-state index contributed by atoms with van der Waals surface area (Å²) in [6.45, 7) is 5.44. The summed E-state index contributed by atoms with van der Waals surface area (Å²) >= 11 is 1.26. The minimum Gasteiger partial charge on any atom is -0.313 e. The lowest BCUT2D eigenvalue weighted by Crippen LogP contribution is -2.12. The van der Waals surface area contributed by atoms with E-state index in [0.717, 1.165) is 17.7 Å². The zero-order chi connectivity index (χ0) is 13.7. The molecule has 0 unspecified atom stereocenters. The number of nitrogens with zero attached hydrogens (tertiary/aromatic N) is 2. The summed E-state index contributed by atoms with van der Waals surface area (Å²) in [7, 11) is 0. The maximum Gasteiger partial charge on any atom is 0.192 e. The summed E-state index contributed by atoms with van der Waals surface area (Å²) in [4.78, 5) is 8.99. The van der Waals surface area contributed by atoms with E-state index in [1.165, 1.54) is 17.8 Å². The minimum absolute atomic E-state index is 0.232. The molecule has 1 aromatic heterocycles. The molecular weight excluding hydrogens is 261 g/mol. The van der Waals surface area contributed by atoms with Crippen molar-refractivity contribution in [1.29, 1.82) is 0 Å². The van der Waals surface area contributed by atoms with Crippen molar-refractivity contribution in [2.45, 2.75) is 30.4 Å². The number of benzene rings is 1. The van der Waals surface area contributed by atoms with Crippen LogP contribution in [0, 0.1) is 12.7 Å². The van der Waals surface area contributed by atoms with Gasteiger partial charge in [0.15, 0.2) is 5.16 Å². The Kier molecular flexibility index (Phi) is 4.87. The Morgan fingerprint density at radius 2 is 2.00 bits per heavy atom. The minimum atomic E-state index is -0.232. The van der Waals surface area contributed by atoms with Crippen LogP contribution in [0.4, 0.5) is 4.39 Å². The average molecular weight is 277 g/mol. The average Bonchev–Trinajstić information content (AvgIpc) is 2.42. The first kappa shape index (κ1) is 14.0. The van der Waals surface area contributed by atoms with Gasteiger partial charge in [0.05, 0.1) is 4.90 Å². The molecule has 0 aliphatic heterocycles. The van der Waals surface area contributed by atoms with Crippen LogP contribution in [-0.4, -0.2) is 16.5 Å². The molecule has 0 atom stereocenters. The highest BCUT2D eigenvalue weighted by Crippen LogP contribution is 2.30. The lowest BCUT2D eigenvalue weighted by molar-refractivity contribution is 0.591. The molecule has 0 bridgehead atoms. The molecule has 1 N–H and O–H groups in total. The smallest absolute Gasteiger partial charge is 0.192 e. The fourth-order valence-electron chi connectivity index (χ4n) is 1.59. The molecule has 0 aliphatic rings. The Bertz CT molecular complexity index is 543. The van der Waals surface area contributed by atoms with E-state index >= 15 is 0 Å². The lowest BCUT2D eigenvalue weighted by Gasteiger charge is -2.09. The van der Waals surface area contributed by atoms with Crippen molar-refractivity contribution in [2.75, 3.05) is 6.54 Å². The molecule has 5 heteroatoms. The van der Waals surface area contributed by atoms with Gasteiger partial charge < -0.3 is 5.32 Å². The van der Waals surface area contributed by atoms with Gasteiger partial charge in [0.25, 0.3) is 0 Å². The van der Waals surface area contributed by atoms with E-state index in [2.05, 4.69) is 15.3 Å². The van der Waals surface area contributed by atoms with E-state index in [-0.39, 0.29) is 5.82 Å². The molecule has 19 heavy (non-hydrogen) atoms. The maximum atomic E-state index is 13.9. The van der Waals surface area contributed by atoms with Gasteiger partial charge in [-0.25, -0.2) is 14.4 Å². The quantitative estimate of drug-likeness (QED) is 0.852. The van der Waals surface area contributed by atoms with Crippen LogP contribution in [0.25, 0.3) is 0 Å². The Hall–Kier alpha value is -1.46. The Morgan fingerprint density at radius 3 is 2.68 bits per heavy atom. The van der Waals surface area contributed by atoms with Crippen molar-refractivity contribution in [3.63, 3.8) is 0 Å². The van der Waals surface area contributed by atoms with Gasteiger partial charge in [0, 0.05) is 18.9 Å². The van der Waals surface area contributed by atoms with Crippen molar-refractivity contribution in [3.05, 3.63) is 47.5 Å². The van der Waals surface area contributed by atoms with Crippen LogP contribution in [0.5, 0.6) is 0 Å². The maximum absolute atomic E-state index is 13.9.